The lowest BCUT2D eigenvalue weighted by Crippen LogP contribution is -2.15. The molecule has 26 heavy (non-hydrogen) atoms. The van der Waals surface area contributed by atoms with Crippen LogP contribution in [-0.4, -0.2) is 20.6 Å². The number of benzene rings is 2. The first-order valence-corrected chi connectivity index (χ1v) is 8.63. The van der Waals surface area contributed by atoms with E-state index in [1.54, 1.807) is 29.1 Å². The van der Waals surface area contributed by atoms with Gasteiger partial charge in [-0.3, -0.25) is 19.6 Å². The van der Waals surface area contributed by atoms with Crippen LogP contribution in [0.4, 0.5) is 11.5 Å². The highest BCUT2D eigenvalue weighted by Gasteiger charge is 2.21. The van der Waals surface area contributed by atoms with Gasteiger partial charge in [-0.2, -0.15) is 5.10 Å². The molecule has 0 aliphatic rings. The lowest BCUT2D eigenvalue weighted by molar-refractivity contribution is -0.385. The number of para-hydroxylation sites is 1. The minimum absolute atomic E-state index is 0.0309. The summed E-state index contributed by atoms with van der Waals surface area (Å²) in [6.07, 6.45) is 1.71. The van der Waals surface area contributed by atoms with E-state index in [1.807, 2.05) is 12.1 Å². The lowest BCUT2D eigenvalue weighted by atomic mass is 10.1. The third kappa shape index (κ3) is 4.09. The third-order valence-electron chi connectivity index (χ3n) is 3.55. The molecule has 9 heteroatoms. The first-order chi connectivity index (χ1) is 12.4. The molecule has 0 unspecified atom stereocenters. The Labute approximate surface area is 161 Å². The van der Waals surface area contributed by atoms with E-state index in [0.29, 0.717) is 16.0 Å². The monoisotopic (exact) mass is 434 g/mol. The number of hydrogen-bond acceptors (Lipinski definition) is 4. The fraction of sp³-hybridized carbons (Fsp3) is 0.0588. The van der Waals surface area contributed by atoms with Crippen molar-refractivity contribution in [2.24, 2.45) is 0 Å². The summed E-state index contributed by atoms with van der Waals surface area (Å²) in [5.41, 5.74) is 0.694. The predicted octanol–water partition coefficient (Wildman–Crippen LogP) is 4.51. The molecule has 2 aromatic carbocycles. The normalized spacial score (nSPS) is 10.5. The van der Waals surface area contributed by atoms with Gasteiger partial charge in [-0.1, -0.05) is 35.9 Å². The molecule has 0 saturated heterocycles. The molecular formula is C17H12BrClN4O3. The molecule has 1 aromatic heterocycles. The highest BCUT2D eigenvalue weighted by Crippen LogP contribution is 2.24. The molecule has 3 aromatic rings. The van der Waals surface area contributed by atoms with Crippen molar-refractivity contribution >= 4 is 44.9 Å². The fourth-order valence-corrected chi connectivity index (χ4v) is 2.88. The number of rotatable bonds is 5. The molecule has 0 spiro atoms. The number of amides is 1. The van der Waals surface area contributed by atoms with Crippen LogP contribution in [0, 0.1) is 10.1 Å². The third-order valence-corrected chi connectivity index (χ3v) is 4.38. The largest absolute Gasteiger partial charge is 0.304 e. The number of nitro groups is 1. The Bertz CT molecular complexity index is 972. The van der Waals surface area contributed by atoms with Crippen molar-refractivity contribution in [2.75, 3.05) is 5.32 Å². The minimum atomic E-state index is -0.602. The van der Waals surface area contributed by atoms with Gasteiger partial charge in [0.05, 0.1) is 15.9 Å². The van der Waals surface area contributed by atoms with Crippen LogP contribution in [0.2, 0.25) is 5.02 Å². The van der Waals surface area contributed by atoms with Gasteiger partial charge in [0.25, 0.3) is 11.6 Å². The number of halogens is 2. The van der Waals surface area contributed by atoms with Gasteiger partial charge in [0, 0.05) is 17.3 Å². The van der Waals surface area contributed by atoms with Gasteiger partial charge >= 0.3 is 0 Å². The standard InChI is InChI=1S/C17H12BrClN4O3/c18-14-10-22(9-11-5-7-12(19)8-6-11)21-16(14)20-17(24)13-3-1-2-4-15(13)23(25)26/h1-8,10H,9H2,(H,20,21,24). The van der Waals surface area contributed by atoms with E-state index in [2.05, 4.69) is 26.3 Å². The Kier molecular flexibility index (Phi) is 5.34. The Balaban J connectivity index is 1.78. The van der Waals surface area contributed by atoms with E-state index < -0.39 is 10.8 Å². The van der Waals surface area contributed by atoms with E-state index in [-0.39, 0.29) is 17.1 Å². The maximum Gasteiger partial charge on any atom is 0.282 e. The van der Waals surface area contributed by atoms with E-state index in [9.17, 15) is 14.9 Å². The number of nitrogens with one attached hydrogen (secondary N) is 1. The number of nitrogens with zero attached hydrogens (tertiary/aromatic N) is 3. The highest BCUT2D eigenvalue weighted by atomic mass is 79.9. The summed E-state index contributed by atoms with van der Waals surface area (Å²) in [6.45, 7) is 0.483. The van der Waals surface area contributed by atoms with Crippen molar-refractivity contribution in [3.05, 3.63) is 85.5 Å². The molecule has 132 valence electrons. The summed E-state index contributed by atoms with van der Waals surface area (Å²) >= 11 is 9.21. The molecule has 1 amide bonds. The molecule has 1 heterocycles. The minimum Gasteiger partial charge on any atom is -0.304 e. The predicted molar refractivity (Wildman–Crippen MR) is 102 cm³/mol. The number of nitro benzene ring substituents is 1. The van der Waals surface area contributed by atoms with Crippen LogP contribution in [-0.2, 0) is 6.54 Å². The first kappa shape index (κ1) is 18.1. The second-order valence-corrected chi connectivity index (χ2v) is 6.67. The zero-order valence-electron chi connectivity index (χ0n) is 13.2. The lowest BCUT2D eigenvalue weighted by Gasteiger charge is -2.04. The van der Waals surface area contributed by atoms with Gasteiger partial charge in [0.1, 0.15) is 5.56 Å². The molecule has 0 aliphatic heterocycles. The number of anilines is 1. The van der Waals surface area contributed by atoms with Crippen LogP contribution in [0.25, 0.3) is 0 Å². The van der Waals surface area contributed by atoms with Crippen LogP contribution >= 0.6 is 27.5 Å². The van der Waals surface area contributed by atoms with Gasteiger partial charge in [0.15, 0.2) is 5.82 Å². The quantitative estimate of drug-likeness (QED) is 0.472. The van der Waals surface area contributed by atoms with Gasteiger partial charge in [-0.25, -0.2) is 0 Å². The average Bonchev–Trinajstić information content (AvgIpc) is 2.96. The summed E-state index contributed by atoms with van der Waals surface area (Å²) in [6, 6.07) is 13.1. The fourth-order valence-electron chi connectivity index (χ4n) is 2.34. The number of hydrogen-bond donors (Lipinski definition) is 1. The second-order valence-electron chi connectivity index (χ2n) is 5.38. The van der Waals surface area contributed by atoms with Crippen molar-refractivity contribution in [2.45, 2.75) is 6.54 Å². The van der Waals surface area contributed by atoms with Crippen molar-refractivity contribution in [3.8, 4) is 0 Å². The molecule has 0 fully saturated rings. The molecule has 0 saturated carbocycles. The van der Waals surface area contributed by atoms with Gasteiger partial charge < -0.3 is 5.32 Å². The van der Waals surface area contributed by atoms with E-state index in [1.165, 1.54) is 18.2 Å². The summed E-state index contributed by atoms with van der Waals surface area (Å²) in [5, 5.41) is 18.6. The molecular weight excluding hydrogens is 424 g/mol. The molecule has 3 rings (SSSR count). The summed E-state index contributed by atoms with van der Waals surface area (Å²) < 4.78 is 2.21. The smallest absolute Gasteiger partial charge is 0.282 e. The summed E-state index contributed by atoms with van der Waals surface area (Å²) in [7, 11) is 0. The zero-order valence-corrected chi connectivity index (χ0v) is 15.6. The maximum atomic E-state index is 12.4. The Morgan fingerprint density at radius 2 is 1.92 bits per heavy atom. The molecule has 0 atom stereocenters. The van der Waals surface area contributed by atoms with E-state index in [4.69, 9.17) is 11.6 Å². The second kappa shape index (κ2) is 7.67. The van der Waals surface area contributed by atoms with Crippen molar-refractivity contribution < 1.29 is 9.72 Å². The topological polar surface area (TPSA) is 90.1 Å². The Morgan fingerprint density at radius 3 is 2.62 bits per heavy atom. The van der Waals surface area contributed by atoms with Crippen molar-refractivity contribution in [1.82, 2.24) is 9.78 Å². The zero-order chi connectivity index (χ0) is 18.7. The van der Waals surface area contributed by atoms with Crippen LogP contribution in [0.3, 0.4) is 0 Å². The highest BCUT2D eigenvalue weighted by molar-refractivity contribution is 9.10. The first-order valence-electron chi connectivity index (χ1n) is 7.46. The van der Waals surface area contributed by atoms with Gasteiger partial charge in [0.2, 0.25) is 0 Å². The van der Waals surface area contributed by atoms with Crippen LogP contribution in [0.5, 0.6) is 0 Å². The Hall–Kier alpha value is -2.71. The molecule has 0 bridgehead atoms. The molecule has 7 nitrogen and oxygen atoms in total. The SMILES string of the molecule is O=C(Nc1nn(Cc2ccc(Cl)cc2)cc1Br)c1ccccc1[N+](=O)[O-]. The molecule has 0 aliphatic carbocycles. The average molecular weight is 436 g/mol. The van der Waals surface area contributed by atoms with Crippen molar-refractivity contribution in [1.29, 1.82) is 0 Å². The molecule has 1 N–H and O–H groups in total. The summed E-state index contributed by atoms with van der Waals surface area (Å²) in [5.74, 6) is -0.322. The number of carbonyl (C=O) groups is 1. The van der Waals surface area contributed by atoms with Gasteiger partial charge in [-0.15, -0.1) is 0 Å². The number of carbonyl (C=O) groups excluding carboxylic acids is 1. The Morgan fingerprint density at radius 1 is 1.23 bits per heavy atom. The number of aromatic nitrogens is 2. The van der Waals surface area contributed by atoms with Gasteiger partial charge in [-0.05, 0) is 39.7 Å². The van der Waals surface area contributed by atoms with Crippen molar-refractivity contribution in [3.63, 3.8) is 0 Å². The molecule has 0 radical (unpaired) electrons. The maximum absolute atomic E-state index is 12.4. The van der Waals surface area contributed by atoms with E-state index in [0.717, 1.165) is 5.56 Å². The summed E-state index contributed by atoms with van der Waals surface area (Å²) in [4.78, 5) is 22.9. The van der Waals surface area contributed by atoms with E-state index >= 15 is 0 Å². The van der Waals surface area contributed by atoms with Crippen LogP contribution in [0.15, 0.2) is 59.2 Å². The van der Waals surface area contributed by atoms with Crippen LogP contribution in [0.1, 0.15) is 15.9 Å². The van der Waals surface area contributed by atoms with Crippen LogP contribution < -0.4 is 5.32 Å².